The van der Waals surface area contributed by atoms with Crippen LogP contribution in [0.15, 0.2) is 18.2 Å². The van der Waals surface area contributed by atoms with Crippen molar-refractivity contribution < 1.29 is 19.4 Å². The van der Waals surface area contributed by atoms with Crippen LogP contribution in [0, 0.1) is 0 Å². The maximum atomic E-state index is 10.5. The minimum Gasteiger partial charge on any atom is -0.497 e. The van der Waals surface area contributed by atoms with Crippen molar-refractivity contribution in [2.45, 2.75) is 25.3 Å². The molecule has 0 spiro atoms. The molecular weight excluding hydrogens is 234 g/mol. The Hall–Kier alpha value is -1.75. The molecule has 5 heteroatoms. The summed E-state index contributed by atoms with van der Waals surface area (Å²) in [6.45, 7) is 0. The molecule has 0 amide bonds. The number of carboxylic acid groups (broad SMARTS) is 1. The van der Waals surface area contributed by atoms with Gasteiger partial charge in [0.05, 0.1) is 14.2 Å². The summed E-state index contributed by atoms with van der Waals surface area (Å²) >= 11 is 0. The average molecular weight is 253 g/mol. The first-order valence-electron chi connectivity index (χ1n) is 5.75. The molecule has 0 heterocycles. The molecule has 0 radical (unpaired) electrons. The molecule has 18 heavy (non-hydrogen) atoms. The number of ether oxygens (including phenoxy) is 2. The molecule has 1 unspecified atom stereocenters. The number of rotatable bonds is 7. The Morgan fingerprint density at radius 2 is 2.11 bits per heavy atom. The molecule has 0 saturated heterocycles. The van der Waals surface area contributed by atoms with Crippen molar-refractivity contribution in [2.24, 2.45) is 5.73 Å². The summed E-state index contributed by atoms with van der Waals surface area (Å²) in [7, 11) is 3.18. The summed E-state index contributed by atoms with van der Waals surface area (Å²) in [5, 5.41) is 8.61. The van der Waals surface area contributed by atoms with Crippen LogP contribution in [-0.2, 0) is 11.2 Å². The smallest absolute Gasteiger partial charge is 0.303 e. The summed E-state index contributed by atoms with van der Waals surface area (Å²) in [6.07, 6.45) is 1.08. The number of hydrogen-bond donors (Lipinski definition) is 2. The van der Waals surface area contributed by atoms with Gasteiger partial charge in [0, 0.05) is 12.5 Å². The van der Waals surface area contributed by atoms with Gasteiger partial charge in [-0.1, -0.05) is 0 Å². The zero-order valence-electron chi connectivity index (χ0n) is 10.7. The second-order valence-electron chi connectivity index (χ2n) is 4.07. The van der Waals surface area contributed by atoms with E-state index in [4.69, 9.17) is 20.3 Å². The molecule has 0 bridgehead atoms. The van der Waals surface area contributed by atoms with E-state index in [1.165, 1.54) is 0 Å². The van der Waals surface area contributed by atoms with Gasteiger partial charge in [-0.3, -0.25) is 4.79 Å². The van der Waals surface area contributed by atoms with Gasteiger partial charge in [-0.25, -0.2) is 0 Å². The third-order valence-electron chi connectivity index (χ3n) is 2.70. The lowest BCUT2D eigenvalue weighted by Gasteiger charge is -2.14. The van der Waals surface area contributed by atoms with Crippen LogP contribution in [0.3, 0.4) is 0 Å². The number of methoxy groups -OCH3 is 2. The number of nitrogens with two attached hydrogens (primary N) is 1. The molecular formula is C13H19NO4. The second-order valence-corrected chi connectivity index (χ2v) is 4.07. The van der Waals surface area contributed by atoms with Crippen molar-refractivity contribution in [1.29, 1.82) is 0 Å². The molecule has 3 N–H and O–H groups in total. The lowest BCUT2D eigenvalue weighted by atomic mass is 10.0. The lowest BCUT2D eigenvalue weighted by Crippen LogP contribution is -2.24. The molecule has 5 nitrogen and oxygen atoms in total. The van der Waals surface area contributed by atoms with Crippen LogP contribution in [0.4, 0.5) is 0 Å². The minimum absolute atomic E-state index is 0.0768. The largest absolute Gasteiger partial charge is 0.497 e. The van der Waals surface area contributed by atoms with Crippen molar-refractivity contribution >= 4 is 5.97 Å². The summed E-state index contributed by atoms with van der Waals surface area (Å²) in [4.78, 5) is 10.5. The van der Waals surface area contributed by atoms with Crippen molar-refractivity contribution in [3.8, 4) is 11.5 Å². The van der Waals surface area contributed by atoms with Gasteiger partial charge in [-0.05, 0) is 36.6 Å². The molecule has 0 aromatic heterocycles. The van der Waals surface area contributed by atoms with Gasteiger partial charge in [0.1, 0.15) is 11.5 Å². The molecule has 0 aliphatic rings. The van der Waals surface area contributed by atoms with Crippen molar-refractivity contribution in [3.05, 3.63) is 23.8 Å². The van der Waals surface area contributed by atoms with E-state index < -0.39 is 5.97 Å². The fraction of sp³-hybridized carbons (Fsp3) is 0.462. The van der Waals surface area contributed by atoms with Crippen LogP contribution in [0.5, 0.6) is 11.5 Å². The van der Waals surface area contributed by atoms with E-state index >= 15 is 0 Å². The van der Waals surface area contributed by atoms with E-state index in [9.17, 15) is 4.79 Å². The van der Waals surface area contributed by atoms with Crippen LogP contribution in [0.1, 0.15) is 18.4 Å². The first-order chi connectivity index (χ1) is 8.56. The lowest BCUT2D eigenvalue weighted by molar-refractivity contribution is -0.137. The van der Waals surface area contributed by atoms with Crippen LogP contribution >= 0.6 is 0 Å². The first kappa shape index (κ1) is 14.3. The normalized spacial score (nSPS) is 11.9. The molecule has 100 valence electrons. The Morgan fingerprint density at radius 1 is 1.39 bits per heavy atom. The summed E-state index contributed by atoms with van der Waals surface area (Å²) in [5.74, 6) is 0.640. The van der Waals surface area contributed by atoms with E-state index in [0.717, 1.165) is 17.1 Å². The summed E-state index contributed by atoms with van der Waals surface area (Å²) < 4.78 is 10.4. The fourth-order valence-electron chi connectivity index (χ4n) is 1.73. The summed E-state index contributed by atoms with van der Waals surface area (Å²) in [5.41, 5.74) is 6.84. The van der Waals surface area contributed by atoms with E-state index in [1.807, 2.05) is 18.2 Å². The molecule has 1 aromatic carbocycles. The monoisotopic (exact) mass is 253 g/mol. The maximum absolute atomic E-state index is 10.5. The first-order valence-corrected chi connectivity index (χ1v) is 5.75. The maximum Gasteiger partial charge on any atom is 0.303 e. The van der Waals surface area contributed by atoms with Crippen molar-refractivity contribution in [2.75, 3.05) is 14.2 Å². The number of hydrogen-bond acceptors (Lipinski definition) is 4. The Kier molecular flexibility index (Phi) is 5.45. The second kappa shape index (κ2) is 6.86. The fourth-order valence-corrected chi connectivity index (χ4v) is 1.73. The summed E-state index contributed by atoms with van der Waals surface area (Å²) in [6, 6.07) is 5.28. The van der Waals surface area contributed by atoms with Gasteiger partial charge in [0.2, 0.25) is 0 Å². The van der Waals surface area contributed by atoms with Gasteiger partial charge in [0.15, 0.2) is 0 Å². The van der Waals surface area contributed by atoms with E-state index in [1.54, 1.807) is 14.2 Å². The number of carboxylic acids is 1. The SMILES string of the molecule is COc1ccc(OC)c(CC(N)CCC(=O)O)c1. The van der Waals surface area contributed by atoms with E-state index in [2.05, 4.69) is 0 Å². The van der Waals surface area contributed by atoms with Crippen LogP contribution in [-0.4, -0.2) is 31.3 Å². The van der Waals surface area contributed by atoms with Gasteiger partial charge in [-0.15, -0.1) is 0 Å². The van der Waals surface area contributed by atoms with Crippen molar-refractivity contribution in [1.82, 2.24) is 0 Å². The quantitative estimate of drug-likeness (QED) is 0.768. The predicted octanol–water partition coefficient (Wildman–Crippen LogP) is 1.44. The standard InChI is InChI=1S/C13H19NO4/c1-17-11-4-5-12(18-2)9(8-11)7-10(14)3-6-13(15)16/h4-5,8,10H,3,6-7,14H2,1-2H3,(H,15,16). The highest BCUT2D eigenvalue weighted by atomic mass is 16.5. The molecule has 0 fully saturated rings. The van der Waals surface area contributed by atoms with Crippen molar-refractivity contribution in [3.63, 3.8) is 0 Å². The zero-order valence-corrected chi connectivity index (χ0v) is 10.7. The molecule has 0 saturated carbocycles. The van der Waals surface area contributed by atoms with E-state index in [0.29, 0.717) is 12.8 Å². The number of carbonyl (C=O) groups is 1. The zero-order chi connectivity index (χ0) is 13.5. The Morgan fingerprint density at radius 3 is 2.67 bits per heavy atom. The van der Waals surface area contributed by atoms with E-state index in [-0.39, 0.29) is 12.5 Å². The Bertz CT molecular complexity index is 406. The van der Waals surface area contributed by atoms with Gasteiger partial charge < -0.3 is 20.3 Å². The Balaban J connectivity index is 2.71. The topological polar surface area (TPSA) is 81.8 Å². The highest BCUT2D eigenvalue weighted by Crippen LogP contribution is 2.25. The third kappa shape index (κ3) is 4.25. The number of benzene rings is 1. The highest BCUT2D eigenvalue weighted by molar-refractivity contribution is 5.66. The minimum atomic E-state index is -0.831. The van der Waals surface area contributed by atoms with Crippen LogP contribution in [0.25, 0.3) is 0 Å². The predicted molar refractivity (Wildman–Crippen MR) is 68.1 cm³/mol. The molecule has 1 aromatic rings. The average Bonchev–Trinajstić information content (AvgIpc) is 2.36. The molecule has 0 aliphatic heterocycles. The van der Waals surface area contributed by atoms with Gasteiger partial charge >= 0.3 is 5.97 Å². The number of aliphatic carboxylic acids is 1. The third-order valence-corrected chi connectivity index (χ3v) is 2.70. The van der Waals surface area contributed by atoms with Crippen LogP contribution < -0.4 is 15.2 Å². The molecule has 1 rings (SSSR count). The van der Waals surface area contributed by atoms with Gasteiger partial charge in [-0.2, -0.15) is 0 Å². The highest BCUT2D eigenvalue weighted by Gasteiger charge is 2.11. The van der Waals surface area contributed by atoms with Gasteiger partial charge in [0.25, 0.3) is 0 Å². The van der Waals surface area contributed by atoms with Crippen LogP contribution in [0.2, 0.25) is 0 Å². The Labute approximate surface area is 107 Å². The molecule has 0 aliphatic carbocycles. The molecule has 1 atom stereocenters.